The molecule has 26 heavy (non-hydrogen) atoms. The van der Waals surface area contributed by atoms with Crippen LogP contribution in [0.3, 0.4) is 0 Å². The Morgan fingerprint density at radius 3 is 2.69 bits per heavy atom. The summed E-state index contributed by atoms with van der Waals surface area (Å²) in [6.45, 7) is 2.01. The van der Waals surface area contributed by atoms with Crippen molar-refractivity contribution >= 4 is 40.5 Å². The first-order valence-electron chi connectivity index (χ1n) is 8.17. The summed E-state index contributed by atoms with van der Waals surface area (Å²) in [5.74, 6) is 0.201. The topological polar surface area (TPSA) is 92.6 Å². The van der Waals surface area contributed by atoms with E-state index in [9.17, 15) is 9.59 Å². The van der Waals surface area contributed by atoms with Gasteiger partial charge in [-0.1, -0.05) is 13.3 Å². The van der Waals surface area contributed by atoms with Crippen molar-refractivity contribution in [1.82, 2.24) is 5.32 Å². The Kier molecular flexibility index (Phi) is 7.16. The van der Waals surface area contributed by atoms with Gasteiger partial charge in [0, 0.05) is 12.1 Å². The highest BCUT2D eigenvalue weighted by Gasteiger charge is 2.12. The van der Waals surface area contributed by atoms with E-state index in [1.54, 1.807) is 30.3 Å². The molecule has 0 fully saturated rings. The molecule has 8 heteroatoms. The molecule has 0 saturated heterocycles. The van der Waals surface area contributed by atoms with Crippen LogP contribution in [0.15, 0.2) is 41.0 Å². The Balaban J connectivity index is 2.05. The molecule has 2 amide bonds. The highest BCUT2D eigenvalue weighted by atomic mass is 32.1. The molecule has 0 aliphatic carbocycles. The second-order valence-electron chi connectivity index (χ2n) is 5.45. The van der Waals surface area contributed by atoms with E-state index in [2.05, 4.69) is 16.0 Å². The van der Waals surface area contributed by atoms with Gasteiger partial charge in [-0.25, -0.2) is 0 Å². The van der Waals surface area contributed by atoms with E-state index in [1.165, 1.54) is 13.4 Å². The van der Waals surface area contributed by atoms with Gasteiger partial charge in [0.25, 0.3) is 5.91 Å². The van der Waals surface area contributed by atoms with Crippen LogP contribution < -0.4 is 20.7 Å². The molecular weight excluding hydrogens is 354 g/mol. The number of nitrogens with one attached hydrogen (secondary N) is 3. The first-order valence-corrected chi connectivity index (χ1v) is 8.58. The third-order valence-corrected chi connectivity index (χ3v) is 3.66. The first kappa shape index (κ1) is 19.5. The maximum atomic E-state index is 12.1. The van der Waals surface area contributed by atoms with Crippen molar-refractivity contribution in [2.45, 2.75) is 26.2 Å². The van der Waals surface area contributed by atoms with Gasteiger partial charge < -0.3 is 25.1 Å². The predicted octanol–water partition coefficient (Wildman–Crippen LogP) is 3.54. The molecule has 2 rings (SSSR count). The molecular formula is C18H21N3O4S. The number of hydrogen-bond donors (Lipinski definition) is 3. The van der Waals surface area contributed by atoms with Crippen molar-refractivity contribution in [2.24, 2.45) is 0 Å². The van der Waals surface area contributed by atoms with Crippen LogP contribution in [0.2, 0.25) is 0 Å². The van der Waals surface area contributed by atoms with Crippen molar-refractivity contribution < 1.29 is 18.7 Å². The smallest absolute Gasteiger partial charge is 0.291 e. The molecule has 0 radical (unpaired) electrons. The van der Waals surface area contributed by atoms with Gasteiger partial charge in [0.15, 0.2) is 10.9 Å². The second kappa shape index (κ2) is 9.57. The van der Waals surface area contributed by atoms with E-state index < -0.39 is 0 Å². The zero-order valence-electron chi connectivity index (χ0n) is 14.6. The number of methoxy groups -OCH3 is 1. The van der Waals surface area contributed by atoms with Gasteiger partial charge in [0.1, 0.15) is 5.75 Å². The molecule has 0 unspecified atom stereocenters. The lowest BCUT2D eigenvalue weighted by molar-refractivity contribution is -0.119. The third kappa shape index (κ3) is 5.59. The fourth-order valence-electron chi connectivity index (χ4n) is 2.16. The molecule has 1 aromatic carbocycles. The summed E-state index contributed by atoms with van der Waals surface area (Å²) in [6.07, 6.45) is 3.56. The van der Waals surface area contributed by atoms with Crippen LogP contribution in [0.25, 0.3) is 0 Å². The number of benzene rings is 1. The van der Waals surface area contributed by atoms with Crippen molar-refractivity contribution in [3.8, 4) is 5.75 Å². The monoisotopic (exact) mass is 375 g/mol. The van der Waals surface area contributed by atoms with Crippen molar-refractivity contribution in [3.63, 3.8) is 0 Å². The Hall–Kier alpha value is -2.87. The molecule has 0 bridgehead atoms. The van der Waals surface area contributed by atoms with E-state index in [0.29, 0.717) is 23.5 Å². The van der Waals surface area contributed by atoms with Gasteiger partial charge in [0.05, 0.1) is 19.1 Å². The Morgan fingerprint density at radius 2 is 2.04 bits per heavy atom. The summed E-state index contributed by atoms with van der Waals surface area (Å²) < 4.78 is 10.3. The number of ether oxygens (including phenoxy) is 1. The van der Waals surface area contributed by atoms with Gasteiger partial charge in [-0.2, -0.15) is 0 Å². The van der Waals surface area contributed by atoms with Crippen LogP contribution in [0.5, 0.6) is 5.75 Å². The second-order valence-corrected chi connectivity index (χ2v) is 5.86. The SMILES string of the molecule is CCCCC(=O)NC(=S)Nc1cc(NC(=O)c2ccco2)ccc1OC. The quantitative estimate of drug-likeness (QED) is 0.641. The number of amides is 2. The van der Waals surface area contributed by atoms with Crippen molar-refractivity contribution in [3.05, 3.63) is 42.4 Å². The number of carbonyl (C=O) groups is 2. The van der Waals surface area contributed by atoms with Gasteiger partial charge in [0.2, 0.25) is 5.91 Å². The summed E-state index contributed by atoms with van der Waals surface area (Å²) in [7, 11) is 1.52. The molecule has 0 spiro atoms. The van der Waals surface area contributed by atoms with Crippen LogP contribution in [0.4, 0.5) is 11.4 Å². The van der Waals surface area contributed by atoms with Crippen molar-refractivity contribution in [1.29, 1.82) is 0 Å². The molecule has 2 aromatic rings. The average molecular weight is 375 g/mol. The maximum Gasteiger partial charge on any atom is 0.291 e. The standard InChI is InChI=1S/C18H21N3O4S/c1-3-4-7-16(22)21-18(26)20-13-11-12(8-9-14(13)24-2)19-17(23)15-6-5-10-25-15/h5-6,8-11H,3-4,7H2,1-2H3,(H,19,23)(H2,20,21,22,26). The molecule has 3 N–H and O–H groups in total. The van der Waals surface area contributed by atoms with Crippen LogP contribution in [-0.2, 0) is 4.79 Å². The number of rotatable bonds is 7. The number of furan rings is 1. The summed E-state index contributed by atoms with van der Waals surface area (Å²) in [5.41, 5.74) is 1.04. The maximum absolute atomic E-state index is 12.1. The fourth-order valence-corrected chi connectivity index (χ4v) is 2.39. The van der Waals surface area contributed by atoms with Crippen LogP contribution in [0.1, 0.15) is 36.7 Å². The minimum Gasteiger partial charge on any atom is -0.495 e. The Labute approximate surface area is 157 Å². The highest BCUT2D eigenvalue weighted by Crippen LogP contribution is 2.28. The Bertz CT molecular complexity index is 775. The minimum atomic E-state index is -0.374. The summed E-state index contributed by atoms with van der Waals surface area (Å²) >= 11 is 5.17. The zero-order valence-corrected chi connectivity index (χ0v) is 15.4. The van der Waals surface area contributed by atoms with Crippen LogP contribution >= 0.6 is 12.2 Å². The molecule has 1 heterocycles. The lowest BCUT2D eigenvalue weighted by Gasteiger charge is -2.14. The van der Waals surface area contributed by atoms with E-state index in [0.717, 1.165) is 12.8 Å². The number of hydrogen-bond acceptors (Lipinski definition) is 5. The molecule has 0 aliphatic rings. The number of unbranched alkanes of at least 4 members (excludes halogenated alkanes) is 1. The van der Waals surface area contributed by atoms with Gasteiger partial charge >= 0.3 is 0 Å². The van der Waals surface area contributed by atoms with Gasteiger partial charge in [-0.3, -0.25) is 9.59 Å². The van der Waals surface area contributed by atoms with Gasteiger partial charge in [-0.15, -0.1) is 0 Å². The van der Waals surface area contributed by atoms with Gasteiger partial charge in [-0.05, 0) is 49.0 Å². The molecule has 0 saturated carbocycles. The third-order valence-electron chi connectivity index (χ3n) is 3.46. The summed E-state index contributed by atoms with van der Waals surface area (Å²) in [5, 5.41) is 8.42. The fraction of sp³-hybridized carbons (Fsp3) is 0.278. The zero-order chi connectivity index (χ0) is 18.9. The van der Waals surface area contributed by atoms with E-state index >= 15 is 0 Å². The molecule has 0 aliphatic heterocycles. The average Bonchev–Trinajstić information content (AvgIpc) is 3.15. The van der Waals surface area contributed by atoms with E-state index in [-0.39, 0.29) is 22.7 Å². The highest BCUT2D eigenvalue weighted by molar-refractivity contribution is 7.80. The molecule has 0 atom stereocenters. The van der Waals surface area contributed by atoms with Crippen molar-refractivity contribution in [2.75, 3.05) is 17.7 Å². The summed E-state index contributed by atoms with van der Waals surface area (Å²) in [6, 6.07) is 8.23. The van der Waals surface area contributed by atoms with Crippen LogP contribution in [0, 0.1) is 0 Å². The lowest BCUT2D eigenvalue weighted by Crippen LogP contribution is -2.34. The largest absolute Gasteiger partial charge is 0.495 e. The Morgan fingerprint density at radius 1 is 1.23 bits per heavy atom. The number of thiocarbonyl (C=S) groups is 1. The number of anilines is 2. The first-order chi connectivity index (χ1) is 12.5. The van der Waals surface area contributed by atoms with E-state index in [4.69, 9.17) is 21.4 Å². The van der Waals surface area contributed by atoms with E-state index in [1.807, 2.05) is 6.92 Å². The molecule has 138 valence electrons. The van der Waals surface area contributed by atoms with Crippen LogP contribution in [-0.4, -0.2) is 24.0 Å². The normalized spacial score (nSPS) is 10.1. The molecule has 7 nitrogen and oxygen atoms in total. The lowest BCUT2D eigenvalue weighted by atomic mass is 10.2. The minimum absolute atomic E-state index is 0.148. The summed E-state index contributed by atoms with van der Waals surface area (Å²) in [4.78, 5) is 23.8. The molecule has 1 aromatic heterocycles. The number of carbonyl (C=O) groups excluding carboxylic acids is 2. The predicted molar refractivity (Wildman–Crippen MR) is 104 cm³/mol.